The van der Waals surface area contributed by atoms with Crippen LogP contribution in [0.4, 0.5) is 0 Å². The molecule has 0 unspecified atom stereocenters. The normalized spacial score (nSPS) is 11.8. The minimum absolute atomic E-state index is 0.196. The standard InChI is InChI=1S/C15H13ClN4O2S/c1-8(2)20-14-10(6-18-20)5-9(13(16)19-14)3-4-12-17-7-11(23-12)15(21)22/h3-8H,1-2H3,(H,21,22)/b4-3+. The van der Waals surface area contributed by atoms with Crippen molar-refractivity contribution in [2.24, 2.45) is 0 Å². The van der Waals surface area contributed by atoms with Crippen molar-refractivity contribution < 1.29 is 9.90 Å². The zero-order valence-corrected chi connectivity index (χ0v) is 14.0. The van der Waals surface area contributed by atoms with E-state index in [2.05, 4.69) is 15.1 Å². The van der Waals surface area contributed by atoms with Gasteiger partial charge < -0.3 is 5.11 Å². The number of carboxylic acid groups (broad SMARTS) is 1. The van der Waals surface area contributed by atoms with Gasteiger partial charge in [-0.1, -0.05) is 11.6 Å². The Hall–Kier alpha value is -2.25. The minimum Gasteiger partial charge on any atom is -0.477 e. The third kappa shape index (κ3) is 3.11. The van der Waals surface area contributed by atoms with Gasteiger partial charge in [0.15, 0.2) is 5.65 Å². The van der Waals surface area contributed by atoms with Gasteiger partial charge in [-0.15, -0.1) is 11.3 Å². The summed E-state index contributed by atoms with van der Waals surface area (Å²) >= 11 is 7.34. The smallest absolute Gasteiger partial charge is 0.347 e. The lowest BCUT2D eigenvalue weighted by Crippen LogP contribution is -2.03. The second kappa shape index (κ2) is 6.10. The third-order valence-corrected chi connectivity index (χ3v) is 4.43. The maximum atomic E-state index is 10.9. The van der Waals surface area contributed by atoms with E-state index in [4.69, 9.17) is 16.7 Å². The Labute approximate surface area is 141 Å². The van der Waals surface area contributed by atoms with E-state index in [0.29, 0.717) is 10.2 Å². The fraction of sp³-hybridized carbons (Fsp3) is 0.200. The van der Waals surface area contributed by atoms with Crippen LogP contribution in [0.1, 0.15) is 40.1 Å². The molecule has 0 fully saturated rings. The number of hydrogen-bond donors (Lipinski definition) is 1. The van der Waals surface area contributed by atoms with Gasteiger partial charge in [0, 0.05) is 17.0 Å². The molecular weight excluding hydrogens is 336 g/mol. The highest BCUT2D eigenvalue weighted by Gasteiger charge is 2.11. The van der Waals surface area contributed by atoms with Crippen LogP contribution in [0.25, 0.3) is 23.2 Å². The van der Waals surface area contributed by atoms with Crippen LogP contribution in [0.5, 0.6) is 0 Å². The molecule has 3 aromatic rings. The summed E-state index contributed by atoms with van der Waals surface area (Å²) in [5, 5.41) is 15.1. The van der Waals surface area contributed by atoms with E-state index in [1.807, 2.05) is 24.6 Å². The van der Waals surface area contributed by atoms with Crippen LogP contribution in [0.2, 0.25) is 5.15 Å². The topological polar surface area (TPSA) is 80.9 Å². The number of fused-ring (bicyclic) bond motifs is 1. The first kappa shape index (κ1) is 15.6. The Balaban J connectivity index is 1.94. The summed E-state index contributed by atoms with van der Waals surface area (Å²) in [6, 6.07) is 2.10. The van der Waals surface area contributed by atoms with Gasteiger partial charge >= 0.3 is 5.97 Å². The van der Waals surface area contributed by atoms with Crippen molar-refractivity contribution in [3.63, 3.8) is 0 Å². The number of rotatable bonds is 4. The summed E-state index contributed by atoms with van der Waals surface area (Å²) in [6.07, 6.45) is 6.58. The highest BCUT2D eigenvalue weighted by molar-refractivity contribution is 7.14. The highest BCUT2D eigenvalue weighted by Crippen LogP contribution is 2.24. The summed E-state index contributed by atoms with van der Waals surface area (Å²) in [4.78, 5) is 19.5. The number of carboxylic acids is 1. The fourth-order valence-corrected chi connectivity index (χ4v) is 2.95. The number of halogens is 1. The van der Waals surface area contributed by atoms with Crippen molar-refractivity contribution in [2.45, 2.75) is 19.9 Å². The molecule has 3 heterocycles. The average Bonchev–Trinajstić information content (AvgIpc) is 3.10. The first-order valence-corrected chi connectivity index (χ1v) is 8.06. The first-order chi connectivity index (χ1) is 11.0. The Bertz CT molecular complexity index is 913. The summed E-state index contributed by atoms with van der Waals surface area (Å²) < 4.78 is 1.81. The zero-order chi connectivity index (χ0) is 16.6. The van der Waals surface area contributed by atoms with Crippen molar-refractivity contribution in [2.75, 3.05) is 0 Å². The van der Waals surface area contributed by atoms with Crippen LogP contribution in [-0.4, -0.2) is 30.8 Å². The molecule has 1 N–H and O–H groups in total. The Morgan fingerprint density at radius 3 is 2.83 bits per heavy atom. The molecule has 118 valence electrons. The van der Waals surface area contributed by atoms with Crippen molar-refractivity contribution >= 4 is 52.1 Å². The number of aromatic nitrogens is 4. The Morgan fingerprint density at radius 1 is 1.39 bits per heavy atom. The molecule has 23 heavy (non-hydrogen) atoms. The second-order valence-electron chi connectivity index (χ2n) is 5.17. The van der Waals surface area contributed by atoms with E-state index in [1.54, 1.807) is 18.3 Å². The second-order valence-corrected chi connectivity index (χ2v) is 6.59. The molecule has 0 saturated carbocycles. The van der Waals surface area contributed by atoms with E-state index in [0.717, 1.165) is 27.9 Å². The van der Waals surface area contributed by atoms with Crippen LogP contribution in [-0.2, 0) is 0 Å². The van der Waals surface area contributed by atoms with Crippen molar-refractivity contribution in [3.05, 3.63) is 39.1 Å². The fourth-order valence-electron chi connectivity index (χ4n) is 2.09. The summed E-state index contributed by atoms with van der Waals surface area (Å²) in [5.41, 5.74) is 1.47. The van der Waals surface area contributed by atoms with Crippen LogP contribution in [0.15, 0.2) is 18.5 Å². The van der Waals surface area contributed by atoms with Crippen molar-refractivity contribution in [1.29, 1.82) is 0 Å². The van der Waals surface area contributed by atoms with E-state index in [1.165, 1.54) is 6.20 Å². The van der Waals surface area contributed by atoms with Gasteiger partial charge in [0.1, 0.15) is 15.0 Å². The lowest BCUT2D eigenvalue weighted by Gasteiger charge is -2.06. The highest BCUT2D eigenvalue weighted by atomic mass is 35.5. The SMILES string of the molecule is CC(C)n1ncc2cc(/C=C/c3ncc(C(=O)O)s3)c(Cl)nc21. The molecule has 0 amide bonds. The number of aromatic carboxylic acids is 1. The predicted molar refractivity (Wildman–Crippen MR) is 90.9 cm³/mol. The molecule has 0 saturated heterocycles. The van der Waals surface area contributed by atoms with E-state index in [-0.39, 0.29) is 10.9 Å². The molecule has 0 bridgehead atoms. The maximum Gasteiger partial charge on any atom is 0.347 e. The molecule has 0 radical (unpaired) electrons. The lowest BCUT2D eigenvalue weighted by atomic mass is 10.2. The maximum absolute atomic E-state index is 10.9. The first-order valence-electron chi connectivity index (χ1n) is 6.86. The number of nitrogens with zero attached hydrogens (tertiary/aromatic N) is 4. The van der Waals surface area contributed by atoms with Gasteiger partial charge in [-0.25, -0.2) is 19.4 Å². The van der Waals surface area contributed by atoms with E-state index < -0.39 is 5.97 Å². The molecule has 0 aliphatic rings. The van der Waals surface area contributed by atoms with Crippen molar-refractivity contribution in [1.82, 2.24) is 19.7 Å². The predicted octanol–water partition coefficient (Wildman–Crippen LogP) is 3.99. The third-order valence-electron chi connectivity index (χ3n) is 3.18. The van der Waals surface area contributed by atoms with Gasteiger partial charge in [-0.2, -0.15) is 5.10 Å². The lowest BCUT2D eigenvalue weighted by molar-refractivity contribution is 0.0702. The number of carbonyl (C=O) groups is 1. The molecule has 3 rings (SSSR count). The van der Waals surface area contributed by atoms with Gasteiger partial charge in [0.2, 0.25) is 0 Å². The molecule has 6 nitrogen and oxygen atoms in total. The summed E-state index contributed by atoms with van der Waals surface area (Å²) in [6.45, 7) is 4.05. The molecule has 0 spiro atoms. The van der Waals surface area contributed by atoms with Crippen LogP contribution < -0.4 is 0 Å². The van der Waals surface area contributed by atoms with Gasteiger partial charge in [0.25, 0.3) is 0 Å². The monoisotopic (exact) mass is 348 g/mol. The van der Waals surface area contributed by atoms with Gasteiger partial charge in [-0.3, -0.25) is 0 Å². The Morgan fingerprint density at radius 2 is 2.17 bits per heavy atom. The van der Waals surface area contributed by atoms with E-state index >= 15 is 0 Å². The number of hydrogen-bond acceptors (Lipinski definition) is 5. The van der Waals surface area contributed by atoms with Gasteiger partial charge in [0.05, 0.1) is 12.4 Å². The zero-order valence-electron chi connectivity index (χ0n) is 12.4. The average molecular weight is 349 g/mol. The van der Waals surface area contributed by atoms with Crippen LogP contribution in [0.3, 0.4) is 0 Å². The molecule has 0 aromatic carbocycles. The molecule has 0 aliphatic carbocycles. The number of thiazole rings is 1. The van der Waals surface area contributed by atoms with Crippen LogP contribution >= 0.6 is 22.9 Å². The van der Waals surface area contributed by atoms with Crippen molar-refractivity contribution in [3.8, 4) is 0 Å². The molecule has 0 atom stereocenters. The van der Waals surface area contributed by atoms with Crippen LogP contribution in [0, 0.1) is 0 Å². The summed E-state index contributed by atoms with van der Waals surface area (Å²) in [7, 11) is 0. The molecule has 0 aliphatic heterocycles. The molecule has 8 heteroatoms. The Kier molecular flexibility index (Phi) is 4.14. The minimum atomic E-state index is -0.982. The quantitative estimate of drug-likeness (QED) is 0.721. The largest absolute Gasteiger partial charge is 0.477 e. The molecular formula is C15H13ClN4O2S. The van der Waals surface area contributed by atoms with E-state index in [9.17, 15) is 4.79 Å². The van der Waals surface area contributed by atoms with Gasteiger partial charge in [-0.05, 0) is 32.1 Å². The number of pyridine rings is 1. The summed E-state index contributed by atoms with van der Waals surface area (Å²) in [5.74, 6) is -0.982. The molecule has 3 aromatic heterocycles.